The van der Waals surface area contributed by atoms with Gasteiger partial charge in [0.1, 0.15) is 5.60 Å². The highest BCUT2D eigenvalue weighted by Crippen LogP contribution is 2.58. The monoisotopic (exact) mass is 315 g/mol. The summed E-state index contributed by atoms with van der Waals surface area (Å²) in [7, 11) is 0. The average molecular weight is 315 g/mol. The lowest BCUT2D eigenvalue weighted by molar-refractivity contribution is -0.160. The van der Waals surface area contributed by atoms with Crippen LogP contribution >= 0.6 is 0 Å². The fourth-order valence-corrected chi connectivity index (χ4v) is 2.33. The quantitative estimate of drug-likeness (QED) is 0.903. The fourth-order valence-electron chi connectivity index (χ4n) is 2.33. The molecule has 1 aromatic carbocycles. The highest BCUT2D eigenvalue weighted by Gasteiger charge is 2.64. The van der Waals surface area contributed by atoms with Crippen LogP contribution in [0.2, 0.25) is 0 Å². The van der Waals surface area contributed by atoms with Crippen molar-refractivity contribution >= 4 is 6.09 Å². The summed E-state index contributed by atoms with van der Waals surface area (Å²) in [4.78, 5) is 11.6. The standard InChI is InChI=1S/C16H20F3NO2/c1-14(2,3)22-13(21)20-10-11-5-4-6-12(9-11)15(7-8-15)16(17,18)19/h4-6,9H,7-8,10H2,1-3H3,(H,20,21). The molecule has 1 amide bonds. The molecule has 0 radical (unpaired) electrons. The molecule has 1 saturated carbocycles. The van der Waals surface area contributed by atoms with Gasteiger partial charge in [-0.05, 0) is 44.7 Å². The molecule has 0 aliphatic heterocycles. The van der Waals surface area contributed by atoms with Crippen LogP contribution in [0.3, 0.4) is 0 Å². The second kappa shape index (κ2) is 5.48. The molecule has 1 aromatic rings. The Bertz CT molecular complexity index is 557. The lowest BCUT2D eigenvalue weighted by Crippen LogP contribution is -2.32. The number of nitrogens with one attached hydrogen (secondary N) is 1. The first-order chi connectivity index (χ1) is 10.0. The van der Waals surface area contributed by atoms with Gasteiger partial charge >= 0.3 is 12.3 Å². The zero-order valence-corrected chi connectivity index (χ0v) is 12.9. The molecule has 0 atom stereocenters. The van der Waals surface area contributed by atoms with Crippen LogP contribution in [0.15, 0.2) is 24.3 Å². The molecule has 0 bridgehead atoms. The van der Waals surface area contributed by atoms with E-state index in [2.05, 4.69) is 5.32 Å². The first-order valence-electron chi connectivity index (χ1n) is 7.16. The number of benzene rings is 1. The van der Waals surface area contributed by atoms with Gasteiger partial charge in [0.15, 0.2) is 0 Å². The van der Waals surface area contributed by atoms with Gasteiger partial charge in [-0.1, -0.05) is 24.3 Å². The van der Waals surface area contributed by atoms with Crippen molar-refractivity contribution in [3.05, 3.63) is 35.4 Å². The topological polar surface area (TPSA) is 38.3 Å². The lowest BCUT2D eigenvalue weighted by atomic mass is 9.94. The molecule has 0 unspecified atom stereocenters. The van der Waals surface area contributed by atoms with Gasteiger partial charge in [0.2, 0.25) is 0 Å². The Labute approximate surface area is 127 Å². The minimum atomic E-state index is -4.23. The number of carbonyl (C=O) groups excluding carboxylic acids is 1. The van der Waals surface area contributed by atoms with E-state index in [1.165, 1.54) is 12.1 Å². The first-order valence-corrected chi connectivity index (χ1v) is 7.16. The summed E-state index contributed by atoms with van der Waals surface area (Å²) >= 11 is 0. The molecule has 2 rings (SSSR count). The van der Waals surface area contributed by atoms with Crippen molar-refractivity contribution in [3.63, 3.8) is 0 Å². The number of halogens is 3. The number of ether oxygens (including phenoxy) is 1. The van der Waals surface area contributed by atoms with E-state index in [0.29, 0.717) is 5.56 Å². The van der Waals surface area contributed by atoms with E-state index in [1.807, 2.05) is 0 Å². The number of rotatable bonds is 3. The molecule has 1 N–H and O–H groups in total. The summed E-state index contributed by atoms with van der Waals surface area (Å²) in [6.45, 7) is 5.37. The molecule has 1 aliphatic rings. The van der Waals surface area contributed by atoms with E-state index in [0.717, 1.165) is 0 Å². The molecule has 122 valence electrons. The molecule has 1 aliphatic carbocycles. The maximum absolute atomic E-state index is 13.1. The van der Waals surface area contributed by atoms with Gasteiger partial charge in [-0.3, -0.25) is 0 Å². The van der Waals surface area contributed by atoms with Crippen molar-refractivity contribution in [1.82, 2.24) is 5.32 Å². The molecule has 3 nitrogen and oxygen atoms in total. The largest absolute Gasteiger partial charge is 0.444 e. The Morgan fingerprint density at radius 3 is 2.41 bits per heavy atom. The molecular weight excluding hydrogens is 295 g/mol. The van der Waals surface area contributed by atoms with E-state index in [-0.39, 0.29) is 24.9 Å². The number of hydrogen-bond donors (Lipinski definition) is 1. The van der Waals surface area contributed by atoms with Gasteiger partial charge < -0.3 is 10.1 Å². The summed E-state index contributed by atoms with van der Waals surface area (Å²) < 4.78 is 44.5. The SMILES string of the molecule is CC(C)(C)OC(=O)NCc1cccc(C2(C(F)(F)F)CC2)c1. The highest BCUT2D eigenvalue weighted by molar-refractivity contribution is 5.67. The van der Waals surface area contributed by atoms with Crippen LogP contribution in [-0.2, 0) is 16.7 Å². The molecule has 6 heteroatoms. The van der Waals surface area contributed by atoms with E-state index < -0.39 is 23.3 Å². The van der Waals surface area contributed by atoms with Crippen molar-refractivity contribution in [2.24, 2.45) is 0 Å². The zero-order chi connectivity index (χ0) is 16.6. The molecular formula is C16H20F3NO2. The number of alkyl halides is 3. The number of hydrogen-bond acceptors (Lipinski definition) is 2. The Morgan fingerprint density at radius 1 is 1.27 bits per heavy atom. The number of amides is 1. The first kappa shape index (κ1) is 16.6. The Hall–Kier alpha value is -1.72. The summed E-state index contributed by atoms with van der Waals surface area (Å²) in [6, 6.07) is 6.29. The summed E-state index contributed by atoms with van der Waals surface area (Å²) in [6.07, 6.45) is -4.57. The van der Waals surface area contributed by atoms with Crippen LogP contribution in [0, 0.1) is 0 Å². The maximum atomic E-state index is 13.1. The van der Waals surface area contributed by atoms with Crippen molar-refractivity contribution in [2.45, 2.75) is 57.3 Å². The van der Waals surface area contributed by atoms with Crippen molar-refractivity contribution in [2.75, 3.05) is 0 Å². The van der Waals surface area contributed by atoms with Crippen molar-refractivity contribution in [3.8, 4) is 0 Å². The van der Waals surface area contributed by atoms with Gasteiger partial charge in [-0.25, -0.2) is 4.79 Å². The highest BCUT2D eigenvalue weighted by atomic mass is 19.4. The molecule has 0 heterocycles. The maximum Gasteiger partial charge on any atom is 0.407 e. The van der Waals surface area contributed by atoms with E-state index in [9.17, 15) is 18.0 Å². The second-order valence-corrected chi connectivity index (χ2v) is 6.64. The third kappa shape index (κ3) is 3.72. The molecule has 0 saturated heterocycles. The Morgan fingerprint density at radius 2 is 1.91 bits per heavy atom. The van der Waals surface area contributed by atoms with Crippen LogP contribution in [0.5, 0.6) is 0 Å². The summed E-state index contributed by atoms with van der Waals surface area (Å²) in [5.41, 5.74) is -1.42. The minimum absolute atomic E-state index is 0.124. The minimum Gasteiger partial charge on any atom is -0.444 e. The predicted molar refractivity (Wildman–Crippen MR) is 76.5 cm³/mol. The summed E-state index contributed by atoms with van der Waals surface area (Å²) in [5.74, 6) is 0. The van der Waals surface area contributed by atoms with Gasteiger partial charge in [0.05, 0.1) is 5.41 Å². The average Bonchev–Trinajstić information content (AvgIpc) is 3.15. The van der Waals surface area contributed by atoms with E-state index >= 15 is 0 Å². The van der Waals surface area contributed by atoms with Gasteiger partial charge in [0, 0.05) is 6.54 Å². The van der Waals surface area contributed by atoms with Crippen LogP contribution < -0.4 is 5.32 Å². The normalized spacial score (nSPS) is 17.0. The lowest BCUT2D eigenvalue weighted by Gasteiger charge is -2.21. The van der Waals surface area contributed by atoms with Gasteiger partial charge in [-0.2, -0.15) is 13.2 Å². The fraction of sp³-hybridized carbons (Fsp3) is 0.562. The smallest absolute Gasteiger partial charge is 0.407 e. The third-order valence-corrected chi connectivity index (χ3v) is 3.61. The van der Waals surface area contributed by atoms with Crippen molar-refractivity contribution in [1.29, 1.82) is 0 Å². The number of alkyl carbamates (subject to hydrolysis) is 1. The molecule has 1 fully saturated rings. The number of carbonyl (C=O) groups is 1. The van der Waals surface area contributed by atoms with Crippen LogP contribution in [0.1, 0.15) is 44.7 Å². The molecule has 0 aromatic heterocycles. The van der Waals surface area contributed by atoms with Crippen molar-refractivity contribution < 1.29 is 22.7 Å². The second-order valence-electron chi connectivity index (χ2n) is 6.64. The Balaban J connectivity index is 2.03. The molecule has 22 heavy (non-hydrogen) atoms. The third-order valence-electron chi connectivity index (χ3n) is 3.61. The van der Waals surface area contributed by atoms with Gasteiger partial charge in [0.25, 0.3) is 0 Å². The Kier molecular flexibility index (Phi) is 4.15. The summed E-state index contributed by atoms with van der Waals surface area (Å²) in [5, 5.41) is 2.55. The van der Waals surface area contributed by atoms with E-state index in [1.54, 1.807) is 32.9 Å². The van der Waals surface area contributed by atoms with E-state index in [4.69, 9.17) is 4.74 Å². The molecule has 0 spiro atoms. The van der Waals surface area contributed by atoms with Crippen LogP contribution in [-0.4, -0.2) is 17.9 Å². The van der Waals surface area contributed by atoms with Crippen LogP contribution in [0.4, 0.5) is 18.0 Å². The van der Waals surface area contributed by atoms with Crippen LogP contribution in [0.25, 0.3) is 0 Å². The predicted octanol–water partition coefficient (Wildman–Crippen LogP) is 4.31. The zero-order valence-electron chi connectivity index (χ0n) is 12.9. The van der Waals surface area contributed by atoms with Gasteiger partial charge in [-0.15, -0.1) is 0 Å².